The molecule has 4 heteroatoms. The van der Waals surface area contributed by atoms with E-state index in [0.29, 0.717) is 0 Å². The minimum absolute atomic E-state index is 0.224. The van der Waals surface area contributed by atoms with Crippen molar-refractivity contribution in [2.24, 2.45) is 5.92 Å². The highest BCUT2D eigenvalue weighted by atomic mass is 16.2. The molecule has 1 amide bonds. The Morgan fingerprint density at radius 3 is 2.64 bits per heavy atom. The van der Waals surface area contributed by atoms with Crippen LogP contribution in [-0.4, -0.2) is 63.0 Å². The highest BCUT2D eigenvalue weighted by molar-refractivity contribution is 5.79. The molecule has 1 rings (SSSR count). The standard InChI is InChI=1S/C10H21N3O/c1-12(2)6-4-5-11-10(14)9-7-13(3)8-9/h9H,4-8H2,1-3H3,(H,11,14). The molecule has 0 spiro atoms. The third-order valence-electron chi connectivity index (χ3n) is 2.52. The maximum Gasteiger partial charge on any atom is 0.225 e. The van der Waals surface area contributed by atoms with Gasteiger partial charge in [0.15, 0.2) is 0 Å². The number of carbonyl (C=O) groups is 1. The van der Waals surface area contributed by atoms with Crippen LogP contribution in [0.3, 0.4) is 0 Å². The Hall–Kier alpha value is -0.610. The van der Waals surface area contributed by atoms with Crippen LogP contribution in [0.1, 0.15) is 6.42 Å². The molecular formula is C10H21N3O. The fourth-order valence-electron chi connectivity index (χ4n) is 1.62. The average Bonchev–Trinajstić information content (AvgIpc) is 2.06. The van der Waals surface area contributed by atoms with Gasteiger partial charge in [0.2, 0.25) is 5.91 Å². The third kappa shape index (κ3) is 3.64. The van der Waals surface area contributed by atoms with Crippen molar-refractivity contribution in [2.45, 2.75) is 6.42 Å². The number of carbonyl (C=O) groups excluding carboxylic acids is 1. The summed E-state index contributed by atoms with van der Waals surface area (Å²) in [6, 6.07) is 0. The zero-order chi connectivity index (χ0) is 10.6. The van der Waals surface area contributed by atoms with Crippen molar-refractivity contribution < 1.29 is 4.79 Å². The van der Waals surface area contributed by atoms with E-state index in [-0.39, 0.29) is 11.8 Å². The van der Waals surface area contributed by atoms with Gasteiger partial charge in [0, 0.05) is 19.6 Å². The van der Waals surface area contributed by atoms with E-state index in [1.165, 1.54) is 0 Å². The Morgan fingerprint density at radius 1 is 1.50 bits per heavy atom. The van der Waals surface area contributed by atoms with Gasteiger partial charge in [0.1, 0.15) is 0 Å². The second-order valence-electron chi connectivity index (χ2n) is 4.37. The number of hydrogen-bond acceptors (Lipinski definition) is 3. The Bertz CT molecular complexity index is 188. The van der Waals surface area contributed by atoms with Gasteiger partial charge < -0.3 is 15.1 Å². The molecule has 0 aliphatic carbocycles. The van der Waals surface area contributed by atoms with Crippen LogP contribution in [0.5, 0.6) is 0 Å². The fourth-order valence-corrected chi connectivity index (χ4v) is 1.62. The van der Waals surface area contributed by atoms with Crippen molar-refractivity contribution in [3.63, 3.8) is 0 Å². The van der Waals surface area contributed by atoms with Crippen molar-refractivity contribution in [3.05, 3.63) is 0 Å². The Morgan fingerprint density at radius 2 is 2.14 bits per heavy atom. The van der Waals surface area contributed by atoms with Crippen molar-refractivity contribution in [2.75, 3.05) is 47.3 Å². The lowest BCUT2D eigenvalue weighted by atomic mass is 10.0. The number of amides is 1. The van der Waals surface area contributed by atoms with Crippen LogP contribution >= 0.6 is 0 Å². The summed E-state index contributed by atoms with van der Waals surface area (Å²) in [6.07, 6.45) is 1.03. The van der Waals surface area contributed by atoms with Gasteiger partial charge in [-0.1, -0.05) is 0 Å². The van der Waals surface area contributed by atoms with E-state index in [1.807, 2.05) is 21.1 Å². The van der Waals surface area contributed by atoms with Gasteiger partial charge in [-0.3, -0.25) is 4.79 Å². The van der Waals surface area contributed by atoms with Gasteiger partial charge >= 0.3 is 0 Å². The lowest BCUT2D eigenvalue weighted by Crippen LogP contribution is -2.51. The quantitative estimate of drug-likeness (QED) is 0.613. The summed E-state index contributed by atoms with van der Waals surface area (Å²) >= 11 is 0. The Balaban J connectivity index is 1.99. The molecule has 1 fully saturated rings. The fraction of sp³-hybridized carbons (Fsp3) is 0.900. The van der Waals surface area contributed by atoms with Crippen LogP contribution in [0.25, 0.3) is 0 Å². The largest absolute Gasteiger partial charge is 0.356 e. The molecule has 0 saturated carbocycles. The smallest absolute Gasteiger partial charge is 0.225 e. The molecule has 0 aromatic heterocycles. The molecule has 0 aromatic carbocycles. The van der Waals surface area contributed by atoms with Crippen LogP contribution in [0.4, 0.5) is 0 Å². The Labute approximate surface area is 86.2 Å². The summed E-state index contributed by atoms with van der Waals surface area (Å²) in [7, 11) is 6.13. The molecule has 14 heavy (non-hydrogen) atoms. The van der Waals surface area contributed by atoms with Gasteiger partial charge in [0.25, 0.3) is 0 Å². The summed E-state index contributed by atoms with van der Waals surface area (Å²) in [5, 5.41) is 2.97. The molecule has 0 aromatic rings. The zero-order valence-electron chi connectivity index (χ0n) is 9.42. The first kappa shape index (κ1) is 11.5. The van der Waals surface area contributed by atoms with Crippen LogP contribution < -0.4 is 5.32 Å². The van der Waals surface area contributed by atoms with Crippen LogP contribution in [0.2, 0.25) is 0 Å². The molecule has 1 aliphatic rings. The van der Waals surface area contributed by atoms with E-state index in [1.54, 1.807) is 0 Å². The topological polar surface area (TPSA) is 35.6 Å². The van der Waals surface area contributed by atoms with Gasteiger partial charge in [-0.2, -0.15) is 0 Å². The van der Waals surface area contributed by atoms with E-state index >= 15 is 0 Å². The summed E-state index contributed by atoms with van der Waals surface area (Å²) in [5.41, 5.74) is 0. The molecule has 1 saturated heterocycles. The highest BCUT2D eigenvalue weighted by Crippen LogP contribution is 2.11. The molecule has 0 bridgehead atoms. The predicted molar refractivity (Wildman–Crippen MR) is 57.2 cm³/mol. The second-order valence-corrected chi connectivity index (χ2v) is 4.37. The van der Waals surface area contributed by atoms with E-state index in [0.717, 1.165) is 32.6 Å². The maximum absolute atomic E-state index is 11.5. The summed E-state index contributed by atoms with van der Waals surface area (Å²) in [5.74, 6) is 0.459. The van der Waals surface area contributed by atoms with E-state index in [2.05, 4.69) is 15.1 Å². The average molecular weight is 199 g/mol. The summed E-state index contributed by atoms with van der Waals surface area (Å²) < 4.78 is 0. The number of nitrogens with zero attached hydrogens (tertiary/aromatic N) is 2. The Kier molecular flexibility index (Phi) is 4.35. The monoisotopic (exact) mass is 199 g/mol. The van der Waals surface area contributed by atoms with Crippen molar-refractivity contribution in [1.29, 1.82) is 0 Å². The van der Waals surface area contributed by atoms with Crippen LogP contribution in [0, 0.1) is 5.92 Å². The maximum atomic E-state index is 11.5. The van der Waals surface area contributed by atoms with E-state index in [4.69, 9.17) is 0 Å². The molecular weight excluding hydrogens is 178 g/mol. The number of likely N-dealkylation sites (tertiary alicyclic amines) is 1. The molecule has 82 valence electrons. The van der Waals surface area contributed by atoms with E-state index in [9.17, 15) is 4.79 Å². The van der Waals surface area contributed by atoms with Gasteiger partial charge in [0.05, 0.1) is 5.92 Å². The molecule has 4 nitrogen and oxygen atoms in total. The lowest BCUT2D eigenvalue weighted by Gasteiger charge is -2.34. The first-order valence-corrected chi connectivity index (χ1v) is 5.20. The second kappa shape index (κ2) is 5.32. The molecule has 1 aliphatic heterocycles. The molecule has 0 radical (unpaired) electrons. The number of rotatable bonds is 5. The van der Waals surface area contributed by atoms with Gasteiger partial charge in [-0.25, -0.2) is 0 Å². The minimum atomic E-state index is 0.224. The summed E-state index contributed by atoms with van der Waals surface area (Å²) in [6.45, 7) is 3.67. The van der Waals surface area contributed by atoms with Gasteiger partial charge in [-0.05, 0) is 34.1 Å². The molecule has 1 heterocycles. The van der Waals surface area contributed by atoms with Crippen molar-refractivity contribution in [1.82, 2.24) is 15.1 Å². The lowest BCUT2D eigenvalue weighted by molar-refractivity contribution is -0.129. The SMILES string of the molecule is CN(C)CCCNC(=O)C1CN(C)C1. The van der Waals surface area contributed by atoms with Crippen LogP contribution in [-0.2, 0) is 4.79 Å². The van der Waals surface area contributed by atoms with Crippen molar-refractivity contribution >= 4 is 5.91 Å². The van der Waals surface area contributed by atoms with E-state index < -0.39 is 0 Å². The number of hydrogen-bond donors (Lipinski definition) is 1. The molecule has 1 N–H and O–H groups in total. The highest BCUT2D eigenvalue weighted by Gasteiger charge is 2.29. The van der Waals surface area contributed by atoms with Gasteiger partial charge in [-0.15, -0.1) is 0 Å². The predicted octanol–water partition coefficient (Wildman–Crippen LogP) is -0.384. The molecule has 0 unspecified atom stereocenters. The third-order valence-corrected chi connectivity index (χ3v) is 2.52. The normalized spacial score (nSPS) is 18.3. The first-order valence-electron chi connectivity index (χ1n) is 5.20. The van der Waals surface area contributed by atoms with Crippen LogP contribution in [0.15, 0.2) is 0 Å². The first-order chi connectivity index (χ1) is 6.59. The molecule has 0 atom stereocenters. The minimum Gasteiger partial charge on any atom is -0.356 e. The summed E-state index contributed by atoms with van der Waals surface area (Å²) in [4.78, 5) is 15.7. The van der Waals surface area contributed by atoms with Crippen molar-refractivity contribution in [3.8, 4) is 0 Å². The zero-order valence-corrected chi connectivity index (χ0v) is 9.42. The number of nitrogens with one attached hydrogen (secondary N) is 1.